The zero-order valence-corrected chi connectivity index (χ0v) is 16.6. The van der Waals surface area contributed by atoms with Gasteiger partial charge in [0.25, 0.3) is 10.2 Å². The van der Waals surface area contributed by atoms with Crippen molar-refractivity contribution in [2.45, 2.75) is 51.9 Å². The maximum absolute atomic E-state index is 12.6. The van der Waals surface area contributed by atoms with Gasteiger partial charge in [0, 0.05) is 44.6 Å². The monoisotopic (exact) mass is 382 g/mol. The fourth-order valence-electron chi connectivity index (χ4n) is 3.96. The van der Waals surface area contributed by atoms with Crippen LogP contribution in [0.4, 0.5) is 0 Å². The Morgan fingerprint density at radius 1 is 1.23 bits per heavy atom. The summed E-state index contributed by atoms with van der Waals surface area (Å²) in [5.74, 6) is 1.01. The molecule has 1 unspecified atom stereocenters. The van der Waals surface area contributed by atoms with Gasteiger partial charge in [-0.15, -0.1) is 0 Å². The third kappa shape index (κ3) is 4.79. The summed E-state index contributed by atoms with van der Waals surface area (Å²) < 4.78 is 34.6. The number of rotatable bonds is 7. The fourth-order valence-corrected chi connectivity index (χ4v) is 5.28. The molecule has 1 atom stereocenters. The molecule has 0 amide bonds. The molecule has 2 heterocycles. The molecular formula is C18H30N4O3S. The van der Waals surface area contributed by atoms with Crippen molar-refractivity contribution >= 4 is 10.2 Å². The van der Waals surface area contributed by atoms with Crippen molar-refractivity contribution in [2.24, 2.45) is 5.92 Å². The van der Waals surface area contributed by atoms with Gasteiger partial charge in [-0.25, -0.2) is 14.7 Å². The lowest BCUT2D eigenvalue weighted by molar-refractivity contribution is 0.118. The van der Waals surface area contributed by atoms with Crippen LogP contribution < -0.4 is 4.72 Å². The molecule has 0 aromatic carbocycles. The highest BCUT2D eigenvalue weighted by Gasteiger charge is 2.28. The molecule has 8 heteroatoms. The van der Waals surface area contributed by atoms with Crippen LogP contribution in [0.3, 0.4) is 0 Å². The molecule has 0 bridgehead atoms. The molecule has 26 heavy (non-hydrogen) atoms. The lowest BCUT2D eigenvalue weighted by Crippen LogP contribution is -2.47. The maximum atomic E-state index is 12.6. The van der Waals surface area contributed by atoms with Crippen LogP contribution in [-0.4, -0.2) is 56.0 Å². The first-order chi connectivity index (χ1) is 12.5. The Labute approximate surface area is 156 Å². The standard InChI is InChI=1S/C18H30N4O3S/c1-14-16-7-3-4-8-17(16)21-18(20-14)9-10-19-26(23,24)22-11-5-6-15(12-22)13-25-2/h15,19H,3-13H2,1-2H3. The van der Waals surface area contributed by atoms with Crippen LogP contribution in [0.5, 0.6) is 0 Å². The van der Waals surface area contributed by atoms with Gasteiger partial charge in [-0.05, 0) is 56.9 Å². The van der Waals surface area contributed by atoms with E-state index in [2.05, 4.69) is 14.7 Å². The highest BCUT2D eigenvalue weighted by Crippen LogP contribution is 2.22. The molecule has 1 N–H and O–H groups in total. The summed E-state index contributed by atoms with van der Waals surface area (Å²) in [7, 11) is -1.80. The Balaban J connectivity index is 1.56. The Morgan fingerprint density at radius 2 is 2.04 bits per heavy atom. The van der Waals surface area contributed by atoms with E-state index in [1.54, 1.807) is 11.4 Å². The minimum atomic E-state index is -3.46. The average molecular weight is 383 g/mol. The van der Waals surface area contributed by atoms with Crippen molar-refractivity contribution in [3.63, 3.8) is 0 Å². The van der Waals surface area contributed by atoms with E-state index in [0.29, 0.717) is 32.7 Å². The minimum Gasteiger partial charge on any atom is -0.384 e. The van der Waals surface area contributed by atoms with Gasteiger partial charge in [0.05, 0.1) is 6.61 Å². The highest BCUT2D eigenvalue weighted by atomic mass is 32.2. The lowest BCUT2D eigenvalue weighted by Gasteiger charge is -2.31. The molecule has 7 nitrogen and oxygen atoms in total. The SMILES string of the molecule is COCC1CCCN(S(=O)(=O)NCCc2nc(C)c3c(n2)CCCC3)C1. The van der Waals surface area contributed by atoms with Crippen LogP contribution in [0.2, 0.25) is 0 Å². The Morgan fingerprint density at radius 3 is 2.85 bits per heavy atom. The number of methoxy groups -OCH3 is 1. The first-order valence-electron chi connectivity index (χ1n) is 9.58. The van der Waals surface area contributed by atoms with Gasteiger partial charge in [-0.2, -0.15) is 12.7 Å². The second-order valence-electron chi connectivity index (χ2n) is 7.33. The van der Waals surface area contributed by atoms with Crippen LogP contribution in [-0.2, 0) is 34.2 Å². The summed E-state index contributed by atoms with van der Waals surface area (Å²) in [4.78, 5) is 9.25. The minimum absolute atomic E-state index is 0.275. The summed E-state index contributed by atoms with van der Waals surface area (Å²) in [5.41, 5.74) is 3.49. The smallest absolute Gasteiger partial charge is 0.279 e. The largest absolute Gasteiger partial charge is 0.384 e. The van der Waals surface area contributed by atoms with E-state index in [0.717, 1.165) is 42.9 Å². The molecule has 3 rings (SSSR count). The average Bonchev–Trinajstić information content (AvgIpc) is 2.62. The molecule has 1 aromatic rings. The summed E-state index contributed by atoms with van der Waals surface area (Å²) in [6.45, 7) is 4.06. The van der Waals surface area contributed by atoms with Crippen LogP contribution in [0.1, 0.15) is 48.5 Å². The molecule has 0 spiro atoms. The number of hydrogen-bond acceptors (Lipinski definition) is 5. The lowest BCUT2D eigenvalue weighted by atomic mass is 9.95. The van der Waals surface area contributed by atoms with Gasteiger partial charge < -0.3 is 4.74 Å². The number of nitrogens with one attached hydrogen (secondary N) is 1. The van der Waals surface area contributed by atoms with E-state index in [1.165, 1.54) is 18.4 Å². The molecular weight excluding hydrogens is 352 g/mol. The molecule has 1 aliphatic heterocycles. The van der Waals surface area contributed by atoms with Gasteiger partial charge >= 0.3 is 0 Å². The predicted molar refractivity (Wildman–Crippen MR) is 100 cm³/mol. The third-order valence-corrected chi connectivity index (χ3v) is 6.87. The van der Waals surface area contributed by atoms with Gasteiger partial charge in [-0.3, -0.25) is 0 Å². The molecule has 146 valence electrons. The molecule has 1 aromatic heterocycles. The maximum Gasteiger partial charge on any atom is 0.279 e. The Hall–Kier alpha value is -1.09. The number of piperidine rings is 1. The summed E-state index contributed by atoms with van der Waals surface area (Å²) in [6, 6.07) is 0. The zero-order valence-electron chi connectivity index (χ0n) is 15.8. The van der Waals surface area contributed by atoms with Gasteiger partial charge in [0.15, 0.2) is 0 Å². The summed E-state index contributed by atoms with van der Waals surface area (Å²) in [6.07, 6.45) is 6.86. The number of fused-ring (bicyclic) bond motifs is 1. The topological polar surface area (TPSA) is 84.4 Å². The van der Waals surface area contributed by atoms with E-state index in [1.807, 2.05) is 6.92 Å². The summed E-state index contributed by atoms with van der Waals surface area (Å²) >= 11 is 0. The van der Waals surface area contributed by atoms with Crippen LogP contribution in [0.25, 0.3) is 0 Å². The first-order valence-corrected chi connectivity index (χ1v) is 11.0. The molecule has 1 saturated heterocycles. The predicted octanol–water partition coefficient (Wildman–Crippen LogP) is 1.40. The van der Waals surface area contributed by atoms with E-state index in [-0.39, 0.29) is 5.92 Å². The fraction of sp³-hybridized carbons (Fsp3) is 0.778. The molecule has 2 aliphatic rings. The van der Waals surface area contributed by atoms with Gasteiger partial charge in [0.1, 0.15) is 5.82 Å². The second-order valence-corrected chi connectivity index (χ2v) is 9.08. The molecule has 1 aliphatic carbocycles. The Bertz CT molecular complexity index is 721. The number of nitrogens with zero attached hydrogens (tertiary/aromatic N) is 3. The van der Waals surface area contributed by atoms with E-state index in [4.69, 9.17) is 4.74 Å². The number of ether oxygens (including phenoxy) is 1. The number of hydrogen-bond donors (Lipinski definition) is 1. The normalized spacial score (nSPS) is 21.5. The Kier molecular flexibility index (Phi) is 6.60. The van der Waals surface area contributed by atoms with Crippen molar-refractivity contribution in [1.82, 2.24) is 19.0 Å². The van der Waals surface area contributed by atoms with Crippen molar-refractivity contribution in [3.8, 4) is 0 Å². The summed E-state index contributed by atoms with van der Waals surface area (Å²) in [5, 5.41) is 0. The van der Waals surface area contributed by atoms with Gasteiger partial charge in [-0.1, -0.05) is 0 Å². The van der Waals surface area contributed by atoms with Crippen molar-refractivity contribution in [2.75, 3.05) is 33.4 Å². The second kappa shape index (κ2) is 8.73. The van der Waals surface area contributed by atoms with E-state index in [9.17, 15) is 8.42 Å². The van der Waals surface area contributed by atoms with Crippen molar-refractivity contribution < 1.29 is 13.2 Å². The van der Waals surface area contributed by atoms with E-state index < -0.39 is 10.2 Å². The van der Waals surface area contributed by atoms with Crippen molar-refractivity contribution in [3.05, 3.63) is 22.8 Å². The van der Waals surface area contributed by atoms with Crippen LogP contribution >= 0.6 is 0 Å². The zero-order chi connectivity index (χ0) is 18.6. The number of aryl methyl sites for hydroxylation is 2. The highest BCUT2D eigenvalue weighted by molar-refractivity contribution is 7.87. The van der Waals surface area contributed by atoms with Gasteiger partial charge in [0.2, 0.25) is 0 Å². The number of aromatic nitrogens is 2. The molecule has 0 saturated carbocycles. The quantitative estimate of drug-likeness (QED) is 0.771. The van der Waals surface area contributed by atoms with Crippen LogP contribution in [0.15, 0.2) is 0 Å². The van der Waals surface area contributed by atoms with Crippen molar-refractivity contribution in [1.29, 1.82) is 0 Å². The first kappa shape index (κ1) is 19.7. The van der Waals surface area contributed by atoms with Crippen LogP contribution in [0, 0.1) is 12.8 Å². The molecule has 1 fully saturated rings. The van der Waals surface area contributed by atoms with E-state index >= 15 is 0 Å². The molecule has 0 radical (unpaired) electrons. The third-order valence-electron chi connectivity index (χ3n) is 5.29.